The van der Waals surface area contributed by atoms with E-state index in [0.717, 1.165) is 23.9 Å². The van der Waals surface area contributed by atoms with Gasteiger partial charge >= 0.3 is 5.97 Å². The van der Waals surface area contributed by atoms with Crippen LogP contribution in [-0.2, 0) is 28.5 Å². The van der Waals surface area contributed by atoms with Crippen LogP contribution in [0.5, 0.6) is 0 Å². The van der Waals surface area contributed by atoms with Gasteiger partial charge in [0.2, 0.25) is 0 Å². The lowest BCUT2D eigenvalue weighted by atomic mass is 9.69. The maximum absolute atomic E-state index is 12.6. The minimum absolute atomic E-state index is 0.167. The highest BCUT2D eigenvalue weighted by atomic mass is 127. The molecule has 8 heteroatoms. The number of fused-ring (bicyclic) bond motifs is 2. The summed E-state index contributed by atoms with van der Waals surface area (Å²) in [7, 11) is 6.11. The van der Waals surface area contributed by atoms with E-state index < -0.39 is 5.60 Å². The second-order valence-corrected chi connectivity index (χ2v) is 10.8. The van der Waals surface area contributed by atoms with Crippen molar-refractivity contribution < 1.29 is 14.3 Å². The summed E-state index contributed by atoms with van der Waals surface area (Å²) in [5, 5.41) is 1.32. The van der Waals surface area contributed by atoms with Crippen LogP contribution in [0.3, 0.4) is 0 Å². The van der Waals surface area contributed by atoms with Gasteiger partial charge in [-0.3, -0.25) is 9.88 Å². The Hall–Kier alpha value is -1.49. The first kappa shape index (κ1) is 22.3. The second kappa shape index (κ2) is 8.38. The number of aromatic nitrogens is 2. The highest BCUT2D eigenvalue weighted by Crippen LogP contribution is 2.50. The van der Waals surface area contributed by atoms with Crippen LogP contribution < -0.4 is 0 Å². The normalized spacial score (nSPS) is 25.0. The number of carbonyl (C=O) groups is 1. The molecule has 168 valence electrons. The van der Waals surface area contributed by atoms with Crippen molar-refractivity contribution in [3.05, 3.63) is 61.5 Å². The summed E-state index contributed by atoms with van der Waals surface area (Å²) in [5.74, 6) is -0.180. The summed E-state index contributed by atoms with van der Waals surface area (Å²) in [6, 6.07) is 8.50. The Morgan fingerprint density at radius 3 is 2.91 bits per heavy atom. The SMILES string of the molecule is CO[C@]12C[C@@H](COC(=O)c3cncc(Br)c3)CN(C)[C@@H]1Cc1c(I)n(C)c3cccc2c13. The third-order valence-corrected chi connectivity index (χ3v) is 8.87. The van der Waals surface area contributed by atoms with E-state index >= 15 is 0 Å². The van der Waals surface area contributed by atoms with Crippen molar-refractivity contribution in [2.45, 2.75) is 24.5 Å². The van der Waals surface area contributed by atoms with Gasteiger partial charge in [-0.2, -0.15) is 0 Å². The van der Waals surface area contributed by atoms with E-state index in [1.165, 1.54) is 31.9 Å². The fourth-order valence-electron chi connectivity index (χ4n) is 5.65. The lowest BCUT2D eigenvalue weighted by Gasteiger charge is -2.53. The van der Waals surface area contributed by atoms with E-state index in [9.17, 15) is 4.79 Å². The number of methoxy groups -OCH3 is 1. The molecule has 1 fully saturated rings. The van der Waals surface area contributed by atoms with Gasteiger partial charge in [-0.05, 0) is 81.7 Å². The first-order chi connectivity index (χ1) is 15.4. The average Bonchev–Trinajstić information content (AvgIpc) is 3.04. The molecule has 1 aromatic carbocycles. The fourth-order valence-corrected chi connectivity index (χ4v) is 6.77. The molecule has 0 radical (unpaired) electrons. The number of ether oxygens (including phenoxy) is 2. The Labute approximate surface area is 209 Å². The highest BCUT2D eigenvalue weighted by Gasteiger charge is 2.52. The number of esters is 1. The van der Waals surface area contributed by atoms with E-state index in [-0.39, 0.29) is 17.9 Å². The van der Waals surface area contributed by atoms with Crippen LogP contribution in [0.1, 0.15) is 27.9 Å². The number of carbonyl (C=O) groups excluding carboxylic acids is 1. The Kier molecular flexibility index (Phi) is 5.84. The fraction of sp³-hybridized carbons (Fsp3) is 0.417. The molecule has 0 unspecified atom stereocenters. The molecule has 1 aliphatic carbocycles. The zero-order valence-corrected chi connectivity index (χ0v) is 22.0. The van der Waals surface area contributed by atoms with Crippen molar-refractivity contribution in [2.24, 2.45) is 13.0 Å². The number of piperidine rings is 1. The number of rotatable bonds is 4. The molecule has 32 heavy (non-hydrogen) atoms. The van der Waals surface area contributed by atoms with Gasteiger partial charge in [-0.25, -0.2) is 4.79 Å². The number of benzene rings is 1. The first-order valence-corrected chi connectivity index (χ1v) is 12.5. The van der Waals surface area contributed by atoms with Crippen molar-refractivity contribution in [3.8, 4) is 0 Å². The van der Waals surface area contributed by atoms with Gasteiger partial charge in [0.15, 0.2) is 0 Å². The number of halogens is 2. The van der Waals surface area contributed by atoms with Crippen molar-refractivity contribution >= 4 is 55.4 Å². The van der Waals surface area contributed by atoms with Crippen LogP contribution in [0, 0.1) is 9.62 Å². The van der Waals surface area contributed by atoms with Gasteiger partial charge in [0.05, 0.1) is 15.9 Å². The van der Waals surface area contributed by atoms with Crippen LogP contribution in [0.25, 0.3) is 10.9 Å². The van der Waals surface area contributed by atoms with Gasteiger partial charge in [0.1, 0.15) is 5.60 Å². The van der Waals surface area contributed by atoms with E-state index in [0.29, 0.717) is 12.2 Å². The highest BCUT2D eigenvalue weighted by molar-refractivity contribution is 14.1. The molecule has 0 amide bonds. The van der Waals surface area contributed by atoms with Gasteiger partial charge in [0, 0.05) is 60.4 Å². The number of likely N-dealkylation sites (N-methyl/N-ethyl adjacent to an activating group) is 1. The molecule has 1 aliphatic heterocycles. The van der Waals surface area contributed by atoms with Gasteiger partial charge in [-0.15, -0.1) is 0 Å². The molecule has 1 saturated heterocycles. The standard InChI is InChI=1S/C24H25BrIN3O3/c1-28-12-14(13-32-23(30)15-7-16(25)11-27-10-15)9-24(31-3)18-5-4-6-19-21(18)17(8-20(24)28)22(26)29(19)2/h4-7,10-11,14,20H,8-9,12-13H2,1-3H3/t14-,20-,24+/m1/s1. The molecule has 3 atom stereocenters. The first-order valence-electron chi connectivity index (χ1n) is 10.6. The Balaban J connectivity index is 1.46. The summed E-state index contributed by atoms with van der Waals surface area (Å²) in [5.41, 5.74) is 3.93. The number of hydrogen-bond donors (Lipinski definition) is 0. The molecule has 0 bridgehead atoms. The van der Waals surface area contributed by atoms with Crippen molar-refractivity contribution in [1.82, 2.24) is 14.5 Å². The van der Waals surface area contributed by atoms with Crippen LogP contribution >= 0.6 is 38.5 Å². The van der Waals surface area contributed by atoms with Crippen LogP contribution in [0.2, 0.25) is 0 Å². The summed E-state index contributed by atoms with van der Waals surface area (Å²) in [4.78, 5) is 19.0. The topological polar surface area (TPSA) is 56.6 Å². The number of likely N-dealkylation sites (tertiary alicyclic amines) is 1. The number of aryl methyl sites for hydroxylation is 1. The molecule has 3 heterocycles. The molecular formula is C24H25BrIN3O3. The summed E-state index contributed by atoms with van der Waals surface area (Å²) in [6.07, 6.45) is 4.95. The van der Waals surface area contributed by atoms with Gasteiger partial charge in [0.25, 0.3) is 0 Å². The third-order valence-electron chi connectivity index (χ3n) is 7.07. The van der Waals surface area contributed by atoms with Crippen molar-refractivity contribution in [3.63, 3.8) is 0 Å². The van der Waals surface area contributed by atoms with Crippen LogP contribution in [-0.4, -0.2) is 53.8 Å². The van der Waals surface area contributed by atoms with E-state index in [1.54, 1.807) is 12.3 Å². The molecule has 2 aromatic heterocycles. The van der Waals surface area contributed by atoms with E-state index in [2.05, 4.69) is 85.3 Å². The predicted molar refractivity (Wildman–Crippen MR) is 135 cm³/mol. The molecule has 0 N–H and O–H groups in total. The predicted octanol–water partition coefficient (Wildman–Crippen LogP) is 4.52. The molecule has 5 rings (SSSR count). The summed E-state index contributed by atoms with van der Waals surface area (Å²) in [6.45, 7) is 1.21. The molecule has 6 nitrogen and oxygen atoms in total. The number of nitrogens with zero attached hydrogens (tertiary/aromatic N) is 3. The molecule has 0 spiro atoms. The lowest BCUT2D eigenvalue weighted by Crippen LogP contribution is -2.60. The van der Waals surface area contributed by atoms with Gasteiger partial charge in [-0.1, -0.05) is 12.1 Å². The average molecular weight is 610 g/mol. The zero-order chi connectivity index (χ0) is 22.6. The minimum atomic E-state index is -0.432. The quantitative estimate of drug-likeness (QED) is 0.322. The second-order valence-electron chi connectivity index (χ2n) is 8.84. The van der Waals surface area contributed by atoms with E-state index in [1.807, 2.05) is 7.11 Å². The smallest absolute Gasteiger partial charge is 0.339 e. The van der Waals surface area contributed by atoms with E-state index in [4.69, 9.17) is 9.47 Å². The largest absolute Gasteiger partial charge is 0.462 e. The Bertz CT molecular complexity index is 1210. The monoisotopic (exact) mass is 609 g/mol. The molecular weight excluding hydrogens is 585 g/mol. The third kappa shape index (κ3) is 3.41. The molecule has 3 aromatic rings. The molecule has 0 saturated carbocycles. The summed E-state index contributed by atoms with van der Waals surface area (Å²) >= 11 is 5.83. The van der Waals surface area contributed by atoms with Gasteiger partial charge < -0.3 is 14.0 Å². The maximum Gasteiger partial charge on any atom is 0.339 e. The van der Waals surface area contributed by atoms with Crippen LogP contribution in [0.4, 0.5) is 0 Å². The molecule has 2 aliphatic rings. The minimum Gasteiger partial charge on any atom is -0.462 e. The van der Waals surface area contributed by atoms with Crippen molar-refractivity contribution in [2.75, 3.05) is 27.3 Å². The van der Waals surface area contributed by atoms with Crippen LogP contribution in [0.15, 0.2) is 41.1 Å². The maximum atomic E-state index is 12.6. The number of pyridine rings is 1. The van der Waals surface area contributed by atoms with Crippen molar-refractivity contribution in [1.29, 1.82) is 0 Å². The zero-order valence-electron chi connectivity index (χ0n) is 18.3. The summed E-state index contributed by atoms with van der Waals surface area (Å²) < 4.78 is 16.4. The Morgan fingerprint density at radius 1 is 1.34 bits per heavy atom. The Morgan fingerprint density at radius 2 is 2.16 bits per heavy atom. The lowest BCUT2D eigenvalue weighted by molar-refractivity contribution is -0.131. The number of hydrogen-bond acceptors (Lipinski definition) is 5.